The first-order valence-electron chi connectivity index (χ1n) is 9.44. The highest BCUT2D eigenvalue weighted by atomic mass is 35.5. The number of halogens is 1. The van der Waals surface area contributed by atoms with Crippen molar-refractivity contribution in [3.8, 4) is 16.9 Å². The van der Waals surface area contributed by atoms with Crippen molar-refractivity contribution in [1.29, 1.82) is 0 Å². The molecule has 0 aliphatic heterocycles. The zero-order chi connectivity index (χ0) is 19.8. The molecule has 0 spiro atoms. The van der Waals surface area contributed by atoms with E-state index in [1.165, 1.54) is 5.56 Å². The summed E-state index contributed by atoms with van der Waals surface area (Å²) in [7, 11) is 0.710. The predicted octanol–water partition coefficient (Wildman–Crippen LogP) is 5.61. The van der Waals surface area contributed by atoms with Crippen LogP contribution in [0.15, 0.2) is 97.1 Å². The lowest BCUT2D eigenvalue weighted by Gasteiger charge is -2.34. The maximum atomic E-state index is 9.14. The summed E-state index contributed by atoms with van der Waals surface area (Å²) in [6, 6.07) is 32.8. The van der Waals surface area contributed by atoms with E-state index in [0.717, 1.165) is 32.8 Å². The second-order valence-corrected chi connectivity index (χ2v) is 7.48. The summed E-state index contributed by atoms with van der Waals surface area (Å²) in [5.74, 6) is 0.577. The van der Waals surface area contributed by atoms with Gasteiger partial charge in [-0.2, -0.15) is 0 Å². The van der Waals surface area contributed by atoms with Gasteiger partial charge >= 0.3 is 7.69 Å². The third kappa shape index (κ3) is 2.62. The third-order valence-corrected chi connectivity index (χ3v) is 6.00. The number of hydrogen-bond donors (Lipinski definition) is 1. The lowest BCUT2D eigenvalue weighted by molar-refractivity contribution is 0.453. The molecule has 0 amide bonds. The van der Waals surface area contributed by atoms with Gasteiger partial charge in [0.15, 0.2) is 0 Å². The highest BCUT2D eigenvalue weighted by Crippen LogP contribution is 2.57. The van der Waals surface area contributed by atoms with Crippen LogP contribution in [0.25, 0.3) is 11.1 Å². The van der Waals surface area contributed by atoms with E-state index in [9.17, 15) is 0 Å². The van der Waals surface area contributed by atoms with Crippen molar-refractivity contribution in [2.24, 2.45) is 0 Å². The molecule has 4 aromatic carbocycles. The molecule has 0 saturated carbocycles. The first-order chi connectivity index (χ1) is 14.3. The summed E-state index contributed by atoms with van der Waals surface area (Å²) >= 11 is 6.72. The summed E-state index contributed by atoms with van der Waals surface area (Å²) in [6.07, 6.45) is 0. The lowest BCUT2D eigenvalue weighted by atomic mass is 9.67. The first-order valence-corrected chi connectivity index (χ1v) is 9.82. The van der Waals surface area contributed by atoms with Crippen LogP contribution in [0.4, 0.5) is 0 Å². The Balaban J connectivity index is 1.93. The molecule has 139 valence electrons. The van der Waals surface area contributed by atoms with Gasteiger partial charge in [-0.3, -0.25) is 0 Å². The minimum atomic E-state index is -0.535. The van der Waals surface area contributed by atoms with Crippen molar-refractivity contribution >= 4 is 19.3 Å². The fourth-order valence-corrected chi connectivity index (χ4v) is 4.90. The van der Waals surface area contributed by atoms with E-state index in [-0.39, 0.29) is 0 Å². The van der Waals surface area contributed by atoms with Crippen LogP contribution >= 0.6 is 11.6 Å². The Labute approximate surface area is 175 Å². The van der Waals surface area contributed by atoms with Crippen LogP contribution < -0.4 is 4.65 Å². The van der Waals surface area contributed by atoms with Crippen molar-refractivity contribution in [2.45, 2.75) is 5.41 Å². The molecule has 1 unspecified atom stereocenters. The number of fused-ring (bicyclic) bond motifs is 3. The van der Waals surface area contributed by atoms with Gasteiger partial charge < -0.3 is 9.68 Å². The molecule has 1 aliphatic carbocycles. The maximum Gasteiger partial charge on any atom is 0.569 e. The van der Waals surface area contributed by atoms with Crippen LogP contribution in [-0.4, -0.2) is 12.7 Å². The summed E-state index contributed by atoms with van der Waals surface area (Å²) in [6.45, 7) is 0. The van der Waals surface area contributed by atoms with Gasteiger partial charge in [0.2, 0.25) is 0 Å². The molecule has 2 nitrogen and oxygen atoms in total. The fourth-order valence-electron chi connectivity index (χ4n) is 4.62. The van der Waals surface area contributed by atoms with E-state index in [0.29, 0.717) is 13.4 Å². The molecule has 1 N–H and O–H groups in total. The SMILES string of the molecule is O[B]Oc1cccc(C2(c3ccccc3)c3ccccc3-c3c(Cl)cccc32)c1. The quantitative estimate of drug-likeness (QED) is 0.401. The van der Waals surface area contributed by atoms with Crippen LogP contribution in [0.2, 0.25) is 5.02 Å². The maximum absolute atomic E-state index is 9.14. The molecular formula is C25H17BClO2. The molecule has 0 heterocycles. The Bertz CT molecular complexity index is 1190. The smallest absolute Gasteiger partial charge is 0.537 e. The van der Waals surface area contributed by atoms with Gasteiger partial charge in [0.05, 0.1) is 5.41 Å². The molecule has 1 aliphatic rings. The van der Waals surface area contributed by atoms with Crippen molar-refractivity contribution < 1.29 is 9.68 Å². The second kappa shape index (κ2) is 7.11. The van der Waals surface area contributed by atoms with Gasteiger partial charge in [0, 0.05) is 10.6 Å². The predicted molar refractivity (Wildman–Crippen MR) is 117 cm³/mol. The van der Waals surface area contributed by atoms with Gasteiger partial charge in [0.25, 0.3) is 0 Å². The van der Waals surface area contributed by atoms with Gasteiger partial charge in [-0.1, -0.05) is 90.5 Å². The summed E-state index contributed by atoms with van der Waals surface area (Å²) in [5.41, 5.74) is 6.19. The molecule has 0 fully saturated rings. The molecule has 0 bridgehead atoms. The fraction of sp³-hybridized carbons (Fsp3) is 0.0400. The monoisotopic (exact) mass is 395 g/mol. The number of hydrogen-bond acceptors (Lipinski definition) is 2. The average Bonchev–Trinajstić information content (AvgIpc) is 3.07. The molecule has 0 aromatic heterocycles. The van der Waals surface area contributed by atoms with E-state index in [1.54, 1.807) is 0 Å². The third-order valence-electron chi connectivity index (χ3n) is 5.68. The summed E-state index contributed by atoms with van der Waals surface area (Å²) in [5, 5.41) is 9.88. The van der Waals surface area contributed by atoms with Gasteiger partial charge in [0.1, 0.15) is 5.75 Å². The molecule has 1 atom stereocenters. The van der Waals surface area contributed by atoms with Crippen LogP contribution in [0.5, 0.6) is 5.75 Å². The molecule has 29 heavy (non-hydrogen) atoms. The zero-order valence-corrected chi connectivity index (χ0v) is 16.3. The Kier molecular flexibility index (Phi) is 4.42. The van der Waals surface area contributed by atoms with Gasteiger partial charge in [-0.15, -0.1) is 0 Å². The molecule has 0 saturated heterocycles. The largest absolute Gasteiger partial charge is 0.569 e. The van der Waals surface area contributed by atoms with Crippen LogP contribution in [0.3, 0.4) is 0 Å². The van der Waals surface area contributed by atoms with E-state index < -0.39 is 5.41 Å². The van der Waals surface area contributed by atoms with Crippen LogP contribution in [0, 0.1) is 0 Å². The Hall–Kier alpha value is -3.01. The first kappa shape index (κ1) is 18.1. The van der Waals surface area contributed by atoms with Gasteiger partial charge in [-0.05, 0) is 46.0 Å². The minimum Gasteiger partial charge on any atom is -0.537 e. The second-order valence-electron chi connectivity index (χ2n) is 7.08. The number of rotatable bonds is 4. The normalized spacial score (nSPS) is 16.8. The molecule has 1 radical (unpaired) electrons. The Morgan fingerprint density at radius 1 is 0.724 bits per heavy atom. The molecule has 4 aromatic rings. The van der Waals surface area contributed by atoms with Gasteiger partial charge in [-0.25, -0.2) is 0 Å². The van der Waals surface area contributed by atoms with E-state index in [2.05, 4.69) is 54.6 Å². The number of benzene rings is 4. The van der Waals surface area contributed by atoms with E-state index >= 15 is 0 Å². The Morgan fingerprint density at radius 2 is 1.41 bits per heavy atom. The summed E-state index contributed by atoms with van der Waals surface area (Å²) in [4.78, 5) is 0. The molecular weight excluding hydrogens is 379 g/mol. The van der Waals surface area contributed by atoms with Crippen molar-refractivity contribution in [3.63, 3.8) is 0 Å². The highest BCUT2D eigenvalue weighted by Gasteiger charge is 2.46. The summed E-state index contributed by atoms with van der Waals surface area (Å²) < 4.78 is 5.29. The highest BCUT2D eigenvalue weighted by molar-refractivity contribution is 6.34. The standard InChI is InChI=1S/C25H17BClO2/c27-23-15-7-14-22-24(23)20-12-4-5-13-21(20)25(22,17-8-2-1-3-9-17)18-10-6-11-19(16-18)29-26-28/h1-16,28H. The lowest BCUT2D eigenvalue weighted by Crippen LogP contribution is -2.28. The van der Waals surface area contributed by atoms with E-state index in [1.807, 2.05) is 42.5 Å². The minimum absolute atomic E-state index is 0.535. The molecule has 5 rings (SSSR count). The average molecular weight is 396 g/mol. The van der Waals surface area contributed by atoms with Crippen molar-refractivity contribution in [3.05, 3.63) is 124 Å². The van der Waals surface area contributed by atoms with Crippen molar-refractivity contribution in [2.75, 3.05) is 0 Å². The molecule has 4 heteroatoms. The Morgan fingerprint density at radius 3 is 2.24 bits per heavy atom. The van der Waals surface area contributed by atoms with Crippen LogP contribution in [-0.2, 0) is 5.41 Å². The van der Waals surface area contributed by atoms with E-state index in [4.69, 9.17) is 21.3 Å². The topological polar surface area (TPSA) is 29.5 Å². The van der Waals surface area contributed by atoms with Crippen molar-refractivity contribution in [1.82, 2.24) is 0 Å². The van der Waals surface area contributed by atoms with Crippen LogP contribution in [0.1, 0.15) is 22.3 Å². The zero-order valence-electron chi connectivity index (χ0n) is 15.5.